The Balaban J connectivity index is 2.15. The molecule has 0 aromatic carbocycles. The molecule has 2 aromatic heterocycles. The van der Waals surface area contributed by atoms with Crippen molar-refractivity contribution in [3.05, 3.63) is 36.1 Å². The maximum Gasteiger partial charge on any atom is 0.149 e. The third-order valence-corrected chi connectivity index (χ3v) is 2.12. The number of aromatic nitrogens is 2. The first-order chi connectivity index (χ1) is 5.95. The number of rotatable bonds is 2. The van der Waals surface area contributed by atoms with Crippen LogP contribution in [0.3, 0.4) is 0 Å². The zero-order chi connectivity index (χ0) is 8.23. The summed E-state index contributed by atoms with van der Waals surface area (Å²) in [5.41, 5.74) is 0. The molecule has 0 atom stereocenters. The first kappa shape index (κ1) is 7.24. The highest BCUT2D eigenvalue weighted by Gasteiger charge is 1.93. The van der Waals surface area contributed by atoms with Crippen LogP contribution in [0.4, 0.5) is 10.8 Å². The normalized spacial score (nSPS) is 9.67. The summed E-state index contributed by atoms with van der Waals surface area (Å²) in [5.74, 6) is 0.778. The summed E-state index contributed by atoms with van der Waals surface area (Å²) < 4.78 is 0. The molecule has 60 valence electrons. The molecule has 0 unspecified atom stereocenters. The molecule has 1 N–H and O–H groups in total. The summed E-state index contributed by atoms with van der Waals surface area (Å²) in [6, 6.07) is 3.99. The zero-order valence-electron chi connectivity index (χ0n) is 6.27. The summed E-state index contributed by atoms with van der Waals surface area (Å²) in [5, 5.41) is 6.22. The fourth-order valence-electron chi connectivity index (χ4n) is 0.840. The minimum atomic E-state index is 0.778. The van der Waals surface area contributed by atoms with Crippen molar-refractivity contribution >= 4 is 22.2 Å². The molecule has 12 heavy (non-hydrogen) atoms. The number of hydrogen-bond donors (Lipinski definition) is 1. The lowest BCUT2D eigenvalue weighted by atomic mass is 10.6. The van der Waals surface area contributed by atoms with Gasteiger partial charge in [-0.2, -0.15) is 0 Å². The Bertz CT molecular complexity index is 330. The van der Waals surface area contributed by atoms with E-state index in [4.69, 9.17) is 0 Å². The summed E-state index contributed by atoms with van der Waals surface area (Å²) >= 11 is 1.64. The number of anilines is 2. The number of hydrogen-bond acceptors (Lipinski definition) is 4. The van der Waals surface area contributed by atoms with Crippen molar-refractivity contribution in [1.82, 2.24) is 9.97 Å². The smallest absolute Gasteiger partial charge is 0.149 e. The standard InChI is InChI=1S/C8H7N3S/c1-2-8(12-5-1)11-7-6-9-3-4-10-7/h1-6H,(H,10,11). The van der Waals surface area contributed by atoms with Gasteiger partial charge < -0.3 is 5.32 Å². The zero-order valence-corrected chi connectivity index (χ0v) is 7.08. The predicted octanol–water partition coefficient (Wildman–Crippen LogP) is 2.28. The summed E-state index contributed by atoms with van der Waals surface area (Å²) in [6.07, 6.45) is 5.01. The monoisotopic (exact) mass is 177 g/mol. The SMILES string of the molecule is c1csc(Nc2cnccn2)c1. The van der Waals surface area contributed by atoms with E-state index in [1.54, 1.807) is 29.9 Å². The largest absolute Gasteiger partial charge is 0.331 e. The first-order valence-corrected chi connectivity index (χ1v) is 4.40. The summed E-state index contributed by atoms with van der Waals surface area (Å²) in [4.78, 5) is 8.03. The van der Waals surface area contributed by atoms with Gasteiger partial charge in [0.2, 0.25) is 0 Å². The van der Waals surface area contributed by atoms with E-state index < -0.39 is 0 Å². The Hall–Kier alpha value is -1.42. The molecule has 2 aromatic rings. The minimum Gasteiger partial charge on any atom is -0.331 e. The van der Waals surface area contributed by atoms with Crippen LogP contribution >= 0.6 is 11.3 Å². The van der Waals surface area contributed by atoms with Crippen molar-refractivity contribution in [1.29, 1.82) is 0 Å². The third-order valence-electron chi connectivity index (χ3n) is 1.34. The maximum atomic E-state index is 4.09. The maximum absolute atomic E-state index is 4.09. The molecule has 0 aliphatic carbocycles. The molecule has 0 radical (unpaired) electrons. The second-order valence-electron chi connectivity index (χ2n) is 2.19. The molecule has 0 saturated carbocycles. The van der Waals surface area contributed by atoms with Gasteiger partial charge in [-0.15, -0.1) is 11.3 Å². The van der Waals surface area contributed by atoms with E-state index in [-0.39, 0.29) is 0 Å². The summed E-state index contributed by atoms with van der Waals surface area (Å²) in [7, 11) is 0. The van der Waals surface area contributed by atoms with Gasteiger partial charge in [-0.25, -0.2) is 4.98 Å². The number of nitrogens with zero attached hydrogens (tertiary/aromatic N) is 2. The van der Waals surface area contributed by atoms with E-state index in [0.717, 1.165) is 10.8 Å². The lowest BCUT2D eigenvalue weighted by Crippen LogP contribution is -1.90. The fourth-order valence-corrected chi connectivity index (χ4v) is 1.46. The van der Waals surface area contributed by atoms with Crippen LogP contribution < -0.4 is 5.32 Å². The van der Waals surface area contributed by atoms with Gasteiger partial charge in [-0.05, 0) is 17.5 Å². The van der Waals surface area contributed by atoms with Crippen molar-refractivity contribution in [2.75, 3.05) is 5.32 Å². The highest BCUT2D eigenvalue weighted by Crippen LogP contribution is 2.18. The topological polar surface area (TPSA) is 37.8 Å². The van der Waals surface area contributed by atoms with Gasteiger partial charge in [0, 0.05) is 12.4 Å². The van der Waals surface area contributed by atoms with Crippen molar-refractivity contribution in [3.8, 4) is 0 Å². The molecule has 3 nitrogen and oxygen atoms in total. The second-order valence-corrected chi connectivity index (χ2v) is 3.14. The Kier molecular flexibility index (Phi) is 2.00. The third kappa shape index (κ3) is 1.60. The van der Waals surface area contributed by atoms with E-state index in [0.29, 0.717) is 0 Å². The molecule has 0 spiro atoms. The van der Waals surface area contributed by atoms with Gasteiger partial charge in [-0.1, -0.05) is 0 Å². The van der Waals surface area contributed by atoms with Gasteiger partial charge in [0.25, 0.3) is 0 Å². The molecule has 0 fully saturated rings. The van der Waals surface area contributed by atoms with E-state index in [1.165, 1.54) is 0 Å². The first-order valence-electron chi connectivity index (χ1n) is 3.52. The van der Waals surface area contributed by atoms with Crippen molar-refractivity contribution in [2.24, 2.45) is 0 Å². The lowest BCUT2D eigenvalue weighted by Gasteiger charge is -1.98. The number of nitrogens with one attached hydrogen (secondary N) is 1. The van der Waals surface area contributed by atoms with Gasteiger partial charge >= 0.3 is 0 Å². The Morgan fingerprint density at radius 1 is 1.33 bits per heavy atom. The molecule has 0 bridgehead atoms. The summed E-state index contributed by atoms with van der Waals surface area (Å²) in [6.45, 7) is 0. The molecule has 2 rings (SSSR count). The minimum absolute atomic E-state index is 0.778. The van der Waals surface area contributed by atoms with E-state index in [9.17, 15) is 0 Å². The quantitative estimate of drug-likeness (QED) is 0.764. The van der Waals surface area contributed by atoms with Crippen LogP contribution in [0.1, 0.15) is 0 Å². The van der Waals surface area contributed by atoms with Crippen molar-refractivity contribution in [2.45, 2.75) is 0 Å². The highest BCUT2D eigenvalue weighted by atomic mass is 32.1. The highest BCUT2D eigenvalue weighted by molar-refractivity contribution is 7.14. The fraction of sp³-hybridized carbons (Fsp3) is 0. The average molecular weight is 177 g/mol. The molecule has 2 heterocycles. The average Bonchev–Trinajstić information content (AvgIpc) is 2.59. The van der Waals surface area contributed by atoms with E-state index in [1.807, 2.05) is 17.5 Å². The van der Waals surface area contributed by atoms with Crippen LogP contribution in [0.2, 0.25) is 0 Å². The molecule has 0 saturated heterocycles. The Labute approximate surface area is 74.1 Å². The van der Waals surface area contributed by atoms with Crippen molar-refractivity contribution < 1.29 is 0 Å². The van der Waals surface area contributed by atoms with Crippen LogP contribution in [-0.2, 0) is 0 Å². The van der Waals surface area contributed by atoms with Gasteiger partial charge in [0.1, 0.15) is 5.82 Å². The Morgan fingerprint density at radius 3 is 3.00 bits per heavy atom. The number of thiophene rings is 1. The van der Waals surface area contributed by atoms with E-state index >= 15 is 0 Å². The van der Waals surface area contributed by atoms with Crippen LogP contribution in [0, 0.1) is 0 Å². The molecule has 4 heteroatoms. The van der Waals surface area contributed by atoms with Crippen molar-refractivity contribution in [3.63, 3.8) is 0 Å². The Morgan fingerprint density at radius 2 is 2.33 bits per heavy atom. The van der Waals surface area contributed by atoms with Crippen LogP contribution in [-0.4, -0.2) is 9.97 Å². The molecular weight excluding hydrogens is 170 g/mol. The molecule has 0 amide bonds. The van der Waals surface area contributed by atoms with Gasteiger partial charge in [0.05, 0.1) is 11.2 Å². The van der Waals surface area contributed by atoms with Gasteiger partial charge in [-0.3, -0.25) is 4.98 Å². The molecule has 0 aliphatic rings. The van der Waals surface area contributed by atoms with Crippen LogP contribution in [0.25, 0.3) is 0 Å². The van der Waals surface area contributed by atoms with Crippen LogP contribution in [0.5, 0.6) is 0 Å². The molecular formula is C8H7N3S. The second kappa shape index (κ2) is 3.32. The van der Waals surface area contributed by atoms with Gasteiger partial charge in [0.15, 0.2) is 0 Å². The predicted molar refractivity (Wildman–Crippen MR) is 49.6 cm³/mol. The van der Waals surface area contributed by atoms with E-state index in [2.05, 4.69) is 15.3 Å². The van der Waals surface area contributed by atoms with Crippen LogP contribution in [0.15, 0.2) is 36.1 Å². The lowest BCUT2D eigenvalue weighted by molar-refractivity contribution is 1.20. The molecule has 0 aliphatic heterocycles.